The summed E-state index contributed by atoms with van der Waals surface area (Å²) in [6.07, 6.45) is 2.26. The van der Waals surface area contributed by atoms with Gasteiger partial charge in [-0.05, 0) is 82.0 Å². The van der Waals surface area contributed by atoms with E-state index in [1.807, 2.05) is 38.1 Å². The number of carbonyl (C=O) groups is 1. The summed E-state index contributed by atoms with van der Waals surface area (Å²) in [6.45, 7) is 3.65. The molecule has 0 saturated heterocycles. The predicted molar refractivity (Wildman–Crippen MR) is 130 cm³/mol. The number of aromatic amines is 1. The molecule has 1 aliphatic rings. The number of aromatic nitrogens is 2. The van der Waals surface area contributed by atoms with Gasteiger partial charge >= 0.3 is 5.97 Å². The molecular weight excluding hydrogens is 456 g/mol. The van der Waals surface area contributed by atoms with Gasteiger partial charge in [0.25, 0.3) is 0 Å². The van der Waals surface area contributed by atoms with Crippen LogP contribution in [0.3, 0.4) is 0 Å². The molecule has 3 aromatic rings. The number of imidazole rings is 1. The number of H-pyrrole nitrogens is 1. The number of nitrogens with zero attached hydrogens (tertiary/aromatic N) is 1. The predicted octanol–water partition coefficient (Wildman–Crippen LogP) is 4.10. The van der Waals surface area contributed by atoms with Crippen LogP contribution < -0.4 is 14.8 Å². The summed E-state index contributed by atoms with van der Waals surface area (Å²) >= 11 is 0. The van der Waals surface area contributed by atoms with E-state index in [1.54, 1.807) is 25.3 Å². The van der Waals surface area contributed by atoms with Gasteiger partial charge in [-0.1, -0.05) is 0 Å². The third-order valence-electron chi connectivity index (χ3n) is 5.85. The maximum Gasteiger partial charge on any atom is 0.309 e. The van der Waals surface area contributed by atoms with Crippen molar-refractivity contribution in [1.82, 2.24) is 14.7 Å². The molecule has 3 N–H and O–H groups in total. The number of fused-ring (bicyclic) bond motifs is 1. The zero-order valence-electron chi connectivity index (χ0n) is 19.5. The summed E-state index contributed by atoms with van der Waals surface area (Å²) in [6, 6.07) is 12.0. The Balaban J connectivity index is 1.41. The molecule has 0 spiro atoms. The molecule has 1 aliphatic carbocycles. The highest BCUT2D eigenvalue weighted by molar-refractivity contribution is 7.89. The van der Waals surface area contributed by atoms with E-state index in [-0.39, 0.29) is 28.9 Å². The first-order valence-electron chi connectivity index (χ1n) is 11.4. The summed E-state index contributed by atoms with van der Waals surface area (Å²) < 4.78 is 39.2. The largest absolute Gasteiger partial charge is 0.497 e. The molecule has 0 radical (unpaired) electrons. The van der Waals surface area contributed by atoms with Crippen molar-refractivity contribution in [2.45, 2.75) is 56.6 Å². The number of anilines is 2. The SMILES string of the molecule is COc1ccc(Nc2nc3cc(S(=O)(=O)NC4CCC(C(=O)OC(C)C)CC4)ccc3[nH]2)cc1. The fourth-order valence-corrected chi connectivity index (χ4v) is 5.41. The summed E-state index contributed by atoms with van der Waals surface area (Å²) in [7, 11) is -2.11. The number of rotatable bonds is 8. The Morgan fingerprint density at radius 3 is 2.44 bits per heavy atom. The minimum Gasteiger partial charge on any atom is -0.497 e. The second-order valence-electron chi connectivity index (χ2n) is 8.77. The van der Waals surface area contributed by atoms with Crippen LogP contribution in [0, 0.1) is 5.92 Å². The summed E-state index contributed by atoms with van der Waals surface area (Å²) in [4.78, 5) is 19.9. The van der Waals surface area contributed by atoms with E-state index in [1.165, 1.54) is 0 Å². The van der Waals surface area contributed by atoms with Gasteiger partial charge in [-0.2, -0.15) is 0 Å². The van der Waals surface area contributed by atoms with Gasteiger partial charge in [0.2, 0.25) is 16.0 Å². The highest BCUT2D eigenvalue weighted by Crippen LogP contribution is 2.28. The van der Waals surface area contributed by atoms with Gasteiger partial charge in [0, 0.05) is 11.7 Å². The first-order valence-corrected chi connectivity index (χ1v) is 12.9. The molecule has 1 fully saturated rings. The molecule has 4 rings (SSSR count). The van der Waals surface area contributed by atoms with Crippen molar-refractivity contribution >= 4 is 38.7 Å². The van der Waals surface area contributed by atoms with E-state index in [0.717, 1.165) is 17.0 Å². The Morgan fingerprint density at radius 1 is 1.09 bits per heavy atom. The lowest BCUT2D eigenvalue weighted by molar-refractivity contribution is -0.153. The molecule has 34 heavy (non-hydrogen) atoms. The monoisotopic (exact) mass is 486 g/mol. The van der Waals surface area contributed by atoms with Crippen molar-refractivity contribution in [2.75, 3.05) is 12.4 Å². The molecule has 1 saturated carbocycles. The Hall–Kier alpha value is -3.11. The molecule has 1 aromatic heterocycles. The normalized spacial score (nSPS) is 18.7. The fraction of sp³-hybridized carbons (Fsp3) is 0.417. The molecule has 1 heterocycles. The molecule has 2 aromatic carbocycles. The number of ether oxygens (including phenoxy) is 2. The summed E-state index contributed by atoms with van der Waals surface area (Å²) in [5.41, 5.74) is 2.08. The maximum absolute atomic E-state index is 13.0. The summed E-state index contributed by atoms with van der Waals surface area (Å²) in [5, 5.41) is 3.17. The average molecular weight is 487 g/mol. The second kappa shape index (κ2) is 10.0. The molecule has 0 amide bonds. The molecule has 0 bridgehead atoms. The molecule has 0 unspecified atom stereocenters. The van der Waals surface area contributed by atoms with Gasteiger partial charge in [0.05, 0.1) is 35.1 Å². The van der Waals surface area contributed by atoms with Crippen LogP contribution in [0.15, 0.2) is 47.4 Å². The average Bonchev–Trinajstić information content (AvgIpc) is 3.21. The third-order valence-corrected chi connectivity index (χ3v) is 7.37. The Bertz CT molecular complexity index is 1250. The molecule has 0 atom stereocenters. The minimum absolute atomic E-state index is 0.146. The molecule has 9 nitrogen and oxygen atoms in total. The third kappa shape index (κ3) is 5.68. The Morgan fingerprint density at radius 2 is 1.79 bits per heavy atom. The Labute approximate surface area is 199 Å². The van der Waals surface area contributed by atoms with E-state index in [0.29, 0.717) is 37.1 Å². The number of esters is 1. The number of methoxy groups -OCH3 is 1. The second-order valence-corrected chi connectivity index (χ2v) is 10.5. The number of hydrogen-bond acceptors (Lipinski definition) is 7. The first kappa shape index (κ1) is 24.0. The lowest BCUT2D eigenvalue weighted by atomic mass is 9.86. The van der Waals surface area contributed by atoms with Gasteiger partial charge < -0.3 is 19.8 Å². The van der Waals surface area contributed by atoms with Gasteiger partial charge in [-0.3, -0.25) is 4.79 Å². The van der Waals surface area contributed by atoms with Crippen LogP contribution in [-0.2, 0) is 19.6 Å². The van der Waals surface area contributed by atoms with E-state index >= 15 is 0 Å². The van der Waals surface area contributed by atoms with Crippen molar-refractivity contribution in [3.63, 3.8) is 0 Å². The molecule has 182 valence electrons. The van der Waals surface area contributed by atoms with E-state index in [4.69, 9.17) is 9.47 Å². The van der Waals surface area contributed by atoms with Gasteiger partial charge in [-0.15, -0.1) is 0 Å². The molecule has 10 heteroatoms. The standard InChI is InChI=1S/C24H30N4O5S/c1-15(2)33-23(29)16-4-6-18(7-5-16)28-34(30,31)20-12-13-21-22(14-20)27-24(26-21)25-17-8-10-19(32-3)11-9-17/h8-16,18,28H,4-7H2,1-3H3,(H2,25,26,27). The van der Waals surface area contributed by atoms with Crippen molar-refractivity contribution in [3.05, 3.63) is 42.5 Å². The highest BCUT2D eigenvalue weighted by Gasteiger charge is 2.30. The van der Waals surface area contributed by atoms with Crippen molar-refractivity contribution in [1.29, 1.82) is 0 Å². The van der Waals surface area contributed by atoms with Crippen molar-refractivity contribution in [2.24, 2.45) is 5.92 Å². The van der Waals surface area contributed by atoms with E-state index in [9.17, 15) is 13.2 Å². The van der Waals surface area contributed by atoms with Crippen LogP contribution >= 0.6 is 0 Å². The molecular formula is C24H30N4O5S. The lowest BCUT2D eigenvalue weighted by Gasteiger charge is -2.28. The van der Waals surface area contributed by atoms with Crippen LogP contribution in [-0.4, -0.2) is 43.6 Å². The van der Waals surface area contributed by atoms with Crippen molar-refractivity contribution < 1.29 is 22.7 Å². The maximum atomic E-state index is 13.0. The van der Waals surface area contributed by atoms with Gasteiger partial charge in [-0.25, -0.2) is 18.1 Å². The van der Waals surface area contributed by atoms with Crippen LogP contribution in [0.4, 0.5) is 11.6 Å². The van der Waals surface area contributed by atoms with Crippen molar-refractivity contribution in [3.8, 4) is 5.75 Å². The Kier molecular flexibility index (Phi) is 7.08. The highest BCUT2D eigenvalue weighted by atomic mass is 32.2. The number of sulfonamides is 1. The number of nitrogens with one attached hydrogen (secondary N) is 3. The summed E-state index contributed by atoms with van der Waals surface area (Å²) in [5.74, 6) is 0.898. The van der Waals surface area contributed by atoms with Gasteiger partial charge in [0.15, 0.2) is 0 Å². The zero-order valence-corrected chi connectivity index (χ0v) is 20.3. The van der Waals surface area contributed by atoms with E-state index < -0.39 is 10.0 Å². The van der Waals surface area contributed by atoms with E-state index in [2.05, 4.69) is 20.0 Å². The fourth-order valence-electron chi connectivity index (χ4n) is 4.09. The quantitative estimate of drug-likeness (QED) is 0.410. The minimum atomic E-state index is -3.72. The lowest BCUT2D eigenvalue weighted by Crippen LogP contribution is -2.39. The first-order chi connectivity index (χ1) is 16.2. The number of hydrogen-bond donors (Lipinski definition) is 3. The zero-order chi connectivity index (χ0) is 24.3. The van der Waals surface area contributed by atoms with Gasteiger partial charge in [0.1, 0.15) is 5.75 Å². The number of benzene rings is 2. The van der Waals surface area contributed by atoms with Crippen LogP contribution in [0.25, 0.3) is 11.0 Å². The number of carbonyl (C=O) groups excluding carboxylic acids is 1. The van der Waals surface area contributed by atoms with Crippen LogP contribution in [0.1, 0.15) is 39.5 Å². The topological polar surface area (TPSA) is 122 Å². The van der Waals surface area contributed by atoms with Crippen LogP contribution in [0.5, 0.6) is 5.75 Å². The molecule has 0 aliphatic heterocycles. The van der Waals surface area contributed by atoms with Crippen LogP contribution in [0.2, 0.25) is 0 Å². The smallest absolute Gasteiger partial charge is 0.309 e.